The van der Waals surface area contributed by atoms with Crippen molar-refractivity contribution >= 4 is 29.0 Å². The first-order chi connectivity index (χ1) is 12.8. The van der Waals surface area contributed by atoms with Crippen LogP contribution in [0.3, 0.4) is 0 Å². The Hall–Kier alpha value is -2.61. The van der Waals surface area contributed by atoms with E-state index in [2.05, 4.69) is 10.3 Å². The number of anilines is 1. The van der Waals surface area contributed by atoms with Crippen LogP contribution in [0.5, 0.6) is 0 Å². The largest absolute Gasteiger partial charge is 0.416 e. The topological polar surface area (TPSA) is 59.1 Å². The van der Waals surface area contributed by atoms with Crippen LogP contribution in [-0.2, 0) is 6.18 Å². The average molecular weight is 392 g/mol. The molecule has 140 valence electrons. The summed E-state index contributed by atoms with van der Waals surface area (Å²) in [6.45, 7) is 1.95. The van der Waals surface area contributed by atoms with Crippen molar-refractivity contribution in [1.82, 2.24) is 4.98 Å². The lowest BCUT2D eigenvalue weighted by Crippen LogP contribution is -2.26. The van der Waals surface area contributed by atoms with Gasteiger partial charge < -0.3 is 5.32 Å². The van der Waals surface area contributed by atoms with Crippen LogP contribution in [-0.4, -0.2) is 22.3 Å². The van der Waals surface area contributed by atoms with Gasteiger partial charge in [0.2, 0.25) is 11.6 Å². The van der Waals surface area contributed by atoms with Crippen molar-refractivity contribution in [3.05, 3.63) is 70.0 Å². The van der Waals surface area contributed by atoms with Crippen molar-refractivity contribution in [1.29, 1.82) is 0 Å². The van der Waals surface area contributed by atoms with Crippen molar-refractivity contribution in [2.75, 3.05) is 11.1 Å². The number of aromatic nitrogens is 1. The third-order valence-corrected chi connectivity index (χ3v) is 5.15. The number of nitrogens with one attached hydrogen (secondary N) is 1. The van der Waals surface area contributed by atoms with Gasteiger partial charge in [-0.3, -0.25) is 14.6 Å². The number of benzene rings is 1. The first-order valence-corrected chi connectivity index (χ1v) is 9.17. The maximum Gasteiger partial charge on any atom is 0.416 e. The van der Waals surface area contributed by atoms with Crippen LogP contribution in [0, 0.1) is 0 Å². The number of hydrogen-bond acceptors (Lipinski definition) is 5. The minimum atomic E-state index is -4.45. The third-order valence-electron chi connectivity index (χ3n) is 3.86. The molecule has 3 rings (SSSR count). The first kappa shape index (κ1) is 19.2. The van der Waals surface area contributed by atoms with Gasteiger partial charge in [0.25, 0.3) is 0 Å². The number of carbonyl (C=O) groups is 2. The Kier molecular flexibility index (Phi) is 5.36. The van der Waals surface area contributed by atoms with Gasteiger partial charge in [-0.15, -0.1) is 11.8 Å². The molecule has 0 saturated carbocycles. The van der Waals surface area contributed by atoms with E-state index in [1.165, 1.54) is 30.1 Å². The van der Waals surface area contributed by atoms with Crippen molar-refractivity contribution in [2.24, 2.45) is 0 Å². The molecule has 1 aliphatic carbocycles. The molecule has 1 aromatic heterocycles. The van der Waals surface area contributed by atoms with Gasteiger partial charge in [0.15, 0.2) is 0 Å². The van der Waals surface area contributed by atoms with E-state index in [1.807, 2.05) is 6.92 Å². The summed E-state index contributed by atoms with van der Waals surface area (Å²) in [6, 6.07) is 7.42. The van der Waals surface area contributed by atoms with Crippen LogP contribution in [0.4, 0.5) is 18.9 Å². The molecule has 1 aromatic carbocycles. The number of ketones is 2. The fourth-order valence-corrected chi connectivity index (χ4v) is 3.51. The molecule has 0 spiro atoms. The molecular weight excluding hydrogens is 377 g/mol. The van der Waals surface area contributed by atoms with Gasteiger partial charge >= 0.3 is 6.18 Å². The first-order valence-electron chi connectivity index (χ1n) is 8.18. The lowest BCUT2D eigenvalue weighted by molar-refractivity contribution is -0.137. The molecule has 0 unspecified atom stereocenters. The van der Waals surface area contributed by atoms with Crippen LogP contribution < -0.4 is 5.32 Å². The Bertz CT molecular complexity index is 921. The number of nitrogens with zero attached hydrogens (tertiary/aromatic N) is 1. The lowest BCUT2D eigenvalue weighted by Gasteiger charge is -2.21. The summed E-state index contributed by atoms with van der Waals surface area (Å²) in [5.41, 5.74) is -0.185. The molecule has 1 aliphatic rings. The summed E-state index contributed by atoms with van der Waals surface area (Å²) < 4.78 is 38.2. The molecule has 0 bridgehead atoms. The Morgan fingerprint density at radius 1 is 1.07 bits per heavy atom. The Labute approximate surface area is 157 Å². The summed E-state index contributed by atoms with van der Waals surface area (Å²) >= 11 is 1.25. The average Bonchev–Trinajstić information content (AvgIpc) is 2.65. The highest BCUT2D eigenvalue weighted by atomic mass is 32.2. The molecule has 27 heavy (non-hydrogen) atoms. The standard InChI is InChI=1S/C19H15F3N2O2S/c1-2-10-27-18-15(17(26)14-13(16(18)25)4-3-9-23-14)24-12-7-5-11(6-8-12)19(20,21)22/h3-9,24H,2,10H2,1H3. The van der Waals surface area contributed by atoms with Crippen LogP contribution >= 0.6 is 11.8 Å². The number of carbonyl (C=O) groups excluding carboxylic acids is 2. The number of pyridine rings is 1. The highest BCUT2D eigenvalue weighted by molar-refractivity contribution is 8.04. The number of Topliss-reactive ketones (excluding diaryl/α,β-unsaturated/α-hetero) is 2. The van der Waals surface area contributed by atoms with Gasteiger partial charge in [0, 0.05) is 11.9 Å². The monoisotopic (exact) mass is 392 g/mol. The second-order valence-corrected chi connectivity index (χ2v) is 6.92. The van der Waals surface area contributed by atoms with Gasteiger partial charge in [-0.1, -0.05) is 6.92 Å². The van der Waals surface area contributed by atoms with E-state index in [-0.39, 0.29) is 33.3 Å². The molecule has 1 N–H and O–H groups in total. The van der Waals surface area contributed by atoms with Crippen LogP contribution in [0.2, 0.25) is 0 Å². The third kappa shape index (κ3) is 3.90. The smallest absolute Gasteiger partial charge is 0.351 e. The Morgan fingerprint density at radius 2 is 1.78 bits per heavy atom. The number of thioether (sulfide) groups is 1. The van der Waals surface area contributed by atoms with Gasteiger partial charge in [-0.25, -0.2) is 0 Å². The SMILES string of the molecule is CCCSC1=C(Nc2ccc(C(F)(F)F)cc2)C(=O)c2ncccc2C1=O. The zero-order chi connectivity index (χ0) is 19.6. The molecule has 8 heteroatoms. The highest BCUT2D eigenvalue weighted by Gasteiger charge is 2.34. The van der Waals surface area contributed by atoms with Gasteiger partial charge in [0.05, 0.1) is 16.0 Å². The molecule has 2 aromatic rings. The maximum atomic E-state index is 12.8. The molecule has 0 radical (unpaired) electrons. The summed E-state index contributed by atoms with van der Waals surface area (Å²) in [4.78, 5) is 29.9. The predicted molar refractivity (Wildman–Crippen MR) is 97.7 cm³/mol. The van der Waals surface area contributed by atoms with Crippen LogP contribution in [0.1, 0.15) is 39.8 Å². The second kappa shape index (κ2) is 7.56. The van der Waals surface area contributed by atoms with Crippen LogP contribution in [0.15, 0.2) is 53.2 Å². The van der Waals surface area contributed by atoms with E-state index in [0.29, 0.717) is 5.75 Å². The number of rotatable bonds is 5. The Morgan fingerprint density at radius 3 is 2.41 bits per heavy atom. The molecule has 0 fully saturated rings. The number of halogens is 3. The fourth-order valence-electron chi connectivity index (χ4n) is 2.57. The normalized spacial score (nSPS) is 14.4. The summed E-state index contributed by atoms with van der Waals surface area (Å²) in [5, 5.41) is 2.82. The molecule has 0 amide bonds. The van der Waals surface area contributed by atoms with Gasteiger partial charge in [0.1, 0.15) is 11.4 Å². The molecular formula is C19H15F3N2O2S. The molecule has 1 heterocycles. The van der Waals surface area contributed by atoms with Crippen LogP contribution in [0.25, 0.3) is 0 Å². The minimum Gasteiger partial charge on any atom is -0.351 e. The van der Waals surface area contributed by atoms with Gasteiger partial charge in [-0.2, -0.15) is 13.2 Å². The van der Waals surface area contributed by atoms with E-state index in [9.17, 15) is 22.8 Å². The fraction of sp³-hybridized carbons (Fsp3) is 0.211. The minimum absolute atomic E-state index is 0.0396. The number of hydrogen-bond donors (Lipinski definition) is 1. The molecule has 0 saturated heterocycles. The summed E-state index contributed by atoms with van der Waals surface area (Å²) in [5.74, 6) is -0.142. The zero-order valence-electron chi connectivity index (χ0n) is 14.3. The molecule has 4 nitrogen and oxygen atoms in total. The van der Waals surface area contributed by atoms with Crippen molar-refractivity contribution in [2.45, 2.75) is 19.5 Å². The van der Waals surface area contributed by atoms with E-state index in [4.69, 9.17) is 0 Å². The van der Waals surface area contributed by atoms with E-state index >= 15 is 0 Å². The zero-order valence-corrected chi connectivity index (χ0v) is 15.1. The Balaban J connectivity index is 1.99. The maximum absolute atomic E-state index is 12.8. The lowest BCUT2D eigenvalue weighted by atomic mass is 9.97. The quantitative estimate of drug-likeness (QED) is 0.781. The number of fused-ring (bicyclic) bond motifs is 1. The van der Waals surface area contributed by atoms with E-state index in [1.54, 1.807) is 12.1 Å². The van der Waals surface area contributed by atoms with Gasteiger partial charge in [-0.05, 0) is 48.6 Å². The highest BCUT2D eigenvalue weighted by Crippen LogP contribution is 2.34. The summed E-state index contributed by atoms with van der Waals surface area (Å²) in [7, 11) is 0. The number of allylic oxidation sites excluding steroid dienone is 2. The molecule has 0 atom stereocenters. The van der Waals surface area contributed by atoms with Crippen molar-refractivity contribution < 1.29 is 22.8 Å². The van der Waals surface area contributed by atoms with Crippen molar-refractivity contribution in [3.8, 4) is 0 Å². The number of alkyl halides is 3. The molecule has 0 aliphatic heterocycles. The predicted octanol–water partition coefficient (Wildman–Crippen LogP) is 4.95. The summed E-state index contributed by atoms with van der Waals surface area (Å²) in [6.07, 6.45) is -2.23. The van der Waals surface area contributed by atoms with E-state index in [0.717, 1.165) is 18.6 Å². The van der Waals surface area contributed by atoms with E-state index < -0.39 is 17.5 Å². The van der Waals surface area contributed by atoms with Crippen molar-refractivity contribution in [3.63, 3.8) is 0 Å². The second-order valence-electron chi connectivity index (χ2n) is 5.81.